The van der Waals surface area contributed by atoms with Crippen molar-refractivity contribution in [3.63, 3.8) is 0 Å². The maximum absolute atomic E-state index is 13.2. The summed E-state index contributed by atoms with van der Waals surface area (Å²) in [6.45, 7) is 3.39. The van der Waals surface area contributed by atoms with Gasteiger partial charge < -0.3 is 4.74 Å². The monoisotopic (exact) mass is 468 g/mol. The SMILES string of the molecule is COc1ccc(/C=C/C(=O)c2cn(C)nc2C)cc1CSc1nc(C(F)F)cc(C)c1C#N. The summed E-state index contributed by atoms with van der Waals surface area (Å²) in [5, 5.41) is 13.9. The van der Waals surface area contributed by atoms with E-state index in [9.17, 15) is 18.8 Å². The summed E-state index contributed by atoms with van der Waals surface area (Å²) < 4.78 is 33.4. The minimum absolute atomic E-state index is 0.158. The number of ether oxygens (including phenoxy) is 1. The van der Waals surface area contributed by atoms with Crippen molar-refractivity contribution >= 4 is 23.6 Å². The number of aromatic nitrogens is 3. The molecule has 0 aliphatic heterocycles. The number of carbonyl (C=O) groups excluding carboxylic acids is 1. The van der Waals surface area contributed by atoms with Gasteiger partial charge in [0.25, 0.3) is 6.43 Å². The third-order valence-corrected chi connectivity index (χ3v) is 5.94. The van der Waals surface area contributed by atoms with Crippen molar-refractivity contribution in [2.24, 2.45) is 7.05 Å². The standard InChI is InChI=1S/C24H22F2N4O2S/c1-14-9-20(23(25)26)28-24(18(14)11-27)33-13-17-10-16(6-8-22(17)32-4)5-7-21(31)19-12-30(3)29-15(19)2/h5-10,12,23H,13H2,1-4H3/b7-5+. The van der Waals surface area contributed by atoms with Gasteiger partial charge in [-0.15, -0.1) is 11.8 Å². The maximum atomic E-state index is 13.2. The Morgan fingerprint density at radius 3 is 2.70 bits per heavy atom. The largest absolute Gasteiger partial charge is 0.496 e. The molecule has 0 aliphatic carbocycles. The smallest absolute Gasteiger partial charge is 0.280 e. The van der Waals surface area contributed by atoms with Gasteiger partial charge in [-0.05, 0) is 49.2 Å². The molecule has 3 rings (SSSR count). The number of carbonyl (C=O) groups is 1. The normalized spacial score (nSPS) is 11.2. The van der Waals surface area contributed by atoms with Crippen LogP contribution in [-0.2, 0) is 12.8 Å². The summed E-state index contributed by atoms with van der Waals surface area (Å²) in [4.78, 5) is 16.5. The second kappa shape index (κ2) is 10.4. The van der Waals surface area contributed by atoms with Gasteiger partial charge in [0.15, 0.2) is 5.78 Å². The number of aryl methyl sites for hydroxylation is 3. The molecule has 0 saturated heterocycles. The first-order chi connectivity index (χ1) is 15.7. The fourth-order valence-corrected chi connectivity index (χ4v) is 4.32. The highest BCUT2D eigenvalue weighted by Crippen LogP contribution is 2.32. The van der Waals surface area contributed by atoms with Gasteiger partial charge in [0.2, 0.25) is 0 Å². The molecular weight excluding hydrogens is 446 g/mol. The van der Waals surface area contributed by atoms with Crippen molar-refractivity contribution in [1.29, 1.82) is 5.26 Å². The summed E-state index contributed by atoms with van der Waals surface area (Å²) in [6.07, 6.45) is 2.13. The molecular formula is C24H22F2N4O2S. The number of allylic oxidation sites excluding steroid dienone is 1. The first-order valence-electron chi connectivity index (χ1n) is 9.95. The van der Waals surface area contributed by atoms with Crippen LogP contribution in [-0.4, -0.2) is 27.7 Å². The molecule has 0 fully saturated rings. The van der Waals surface area contributed by atoms with Crippen LogP contribution in [0.5, 0.6) is 5.75 Å². The number of nitriles is 1. The van der Waals surface area contributed by atoms with Crippen molar-refractivity contribution in [2.75, 3.05) is 7.11 Å². The number of hydrogen-bond donors (Lipinski definition) is 0. The molecule has 0 amide bonds. The van der Waals surface area contributed by atoms with Gasteiger partial charge in [0.1, 0.15) is 22.5 Å². The van der Waals surface area contributed by atoms with Gasteiger partial charge in [-0.1, -0.05) is 12.1 Å². The van der Waals surface area contributed by atoms with Gasteiger partial charge in [-0.25, -0.2) is 13.8 Å². The van der Waals surface area contributed by atoms with E-state index in [2.05, 4.69) is 10.1 Å². The number of alkyl halides is 2. The molecule has 0 bridgehead atoms. The second-order valence-corrected chi connectivity index (χ2v) is 8.28. The van der Waals surface area contributed by atoms with E-state index >= 15 is 0 Å². The lowest BCUT2D eigenvalue weighted by molar-refractivity contribution is 0.104. The number of rotatable bonds is 8. The first kappa shape index (κ1) is 24.1. The van der Waals surface area contributed by atoms with Gasteiger partial charge in [0, 0.05) is 24.6 Å². The van der Waals surface area contributed by atoms with E-state index in [1.54, 1.807) is 43.9 Å². The van der Waals surface area contributed by atoms with Crippen molar-refractivity contribution in [3.05, 3.63) is 75.7 Å². The van der Waals surface area contributed by atoms with Crippen LogP contribution in [0.3, 0.4) is 0 Å². The Morgan fingerprint density at radius 2 is 2.09 bits per heavy atom. The van der Waals surface area contributed by atoms with E-state index in [4.69, 9.17) is 4.74 Å². The third-order valence-electron chi connectivity index (χ3n) is 4.91. The molecule has 1 aromatic carbocycles. The number of nitrogens with zero attached hydrogens (tertiary/aromatic N) is 4. The van der Waals surface area contributed by atoms with Crippen LogP contribution in [0.25, 0.3) is 6.08 Å². The summed E-state index contributed by atoms with van der Waals surface area (Å²) in [5.74, 6) is 0.790. The third kappa shape index (κ3) is 5.65. The Labute approximate surface area is 194 Å². The number of thioether (sulfide) groups is 1. The van der Waals surface area contributed by atoms with E-state index in [0.717, 1.165) is 11.1 Å². The van der Waals surface area contributed by atoms with Crippen LogP contribution in [0, 0.1) is 25.2 Å². The molecule has 2 aromatic heterocycles. The molecule has 0 unspecified atom stereocenters. The van der Waals surface area contributed by atoms with Gasteiger partial charge >= 0.3 is 0 Å². The highest BCUT2D eigenvalue weighted by Gasteiger charge is 2.17. The number of halogens is 2. The van der Waals surface area contributed by atoms with Crippen LogP contribution in [0.4, 0.5) is 8.78 Å². The number of pyridine rings is 1. The zero-order valence-corrected chi connectivity index (χ0v) is 19.4. The zero-order chi connectivity index (χ0) is 24.1. The van der Waals surface area contributed by atoms with Crippen molar-refractivity contribution < 1.29 is 18.3 Å². The van der Waals surface area contributed by atoms with E-state index in [1.165, 1.54) is 31.0 Å². The van der Waals surface area contributed by atoms with Gasteiger partial charge in [0.05, 0.1) is 23.9 Å². The van der Waals surface area contributed by atoms with Crippen LogP contribution in [0.1, 0.15) is 50.4 Å². The minimum atomic E-state index is -2.72. The molecule has 6 nitrogen and oxygen atoms in total. The van der Waals surface area contributed by atoms with Crippen molar-refractivity contribution in [1.82, 2.24) is 14.8 Å². The Kier molecular flexibility index (Phi) is 7.61. The Bertz CT molecular complexity index is 1260. The molecule has 9 heteroatoms. The Balaban J connectivity index is 1.84. The molecule has 33 heavy (non-hydrogen) atoms. The van der Waals surface area contributed by atoms with Crippen LogP contribution in [0.15, 0.2) is 41.6 Å². The fourth-order valence-electron chi connectivity index (χ4n) is 3.28. The average molecular weight is 469 g/mol. The molecule has 0 atom stereocenters. The lowest BCUT2D eigenvalue weighted by Crippen LogP contribution is -1.99. The number of methoxy groups -OCH3 is 1. The lowest BCUT2D eigenvalue weighted by atomic mass is 10.1. The molecule has 0 spiro atoms. The topological polar surface area (TPSA) is 80.8 Å². The molecule has 0 radical (unpaired) electrons. The van der Waals surface area contributed by atoms with Crippen molar-refractivity contribution in [3.8, 4) is 11.8 Å². The number of benzene rings is 1. The summed E-state index contributed by atoms with van der Waals surface area (Å²) in [5.41, 5.74) is 3.10. The minimum Gasteiger partial charge on any atom is -0.496 e. The zero-order valence-electron chi connectivity index (χ0n) is 18.6. The lowest BCUT2D eigenvalue weighted by Gasteiger charge is -2.12. The van der Waals surface area contributed by atoms with Gasteiger partial charge in [-0.2, -0.15) is 10.4 Å². The van der Waals surface area contributed by atoms with E-state index in [0.29, 0.717) is 28.3 Å². The second-order valence-electron chi connectivity index (χ2n) is 7.32. The Hall–Kier alpha value is -3.51. The predicted molar refractivity (Wildman–Crippen MR) is 123 cm³/mol. The predicted octanol–water partition coefficient (Wildman–Crippen LogP) is 5.44. The van der Waals surface area contributed by atoms with E-state index in [1.807, 2.05) is 18.2 Å². The Morgan fingerprint density at radius 1 is 1.33 bits per heavy atom. The van der Waals surface area contributed by atoms with Crippen molar-refractivity contribution in [2.45, 2.75) is 31.1 Å². The fraction of sp³-hybridized carbons (Fsp3) is 0.250. The average Bonchev–Trinajstić information content (AvgIpc) is 3.13. The van der Waals surface area contributed by atoms with Crippen LogP contribution in [0.2, 0.25) is 0 Å². The van der Waals surface area contributed by atoms with E-state index < -0.39 is 6.43 Å². The molecule has 3 aromatic rings. The number of hydrogen-bond acceptors (Lipinski definition) is 6. The van der Waals surface area contributed by atoms with Crippen LogP contribution >= 0.6 is 11.8 Å². The summed E-state index contributed by atoms with van der Waals surface area (Å²) in [6, 6.07) is 8.72. The molecule has 0 N–H and O–H groups in total. The van der Waals surface area contributed by atoms with Crippen LogP contribution < -0.4 is 4.74 Å². The molecule has 170 valence electrons. The van der Waals surface area contributed by atoms with Gasteiger partial charge in [-0.3, -0.25) is 9.48 Å². The summed E-state index contributed by atoms with van der Waals surface area (Å²) >= 11 is 1.19. The highest BCUT2D eigenvalue weighted by molar-refractivity contribution is 7.98. The highest BCUT2D eigenvalue weighted by atomic mass is 32.2. The maximum Gasteiger partial charge on any atom is 0.280 e. The van der Waals surface area contributed by atoms with E-state index in [-0.39, 0.29) is 22.1 Å². The summed E-state index contributed by atoms with van der Waals surface area (Å²) in [7, 11) is 3.29. The number of ketones is 1. The molecule has 0 aliphatic rings. The first-order valence-corrected chi connectivity index (χ1v) is 10.9. The quantitative estimate of drug-likeness (QED) is 0.249. The molecule has 0 saturated carbocycles. The molecule has 2 heterocycles.